The Balaban J connectivity index is 1.99. The Kier molecular flexibility index (Phi) is 4.28. The molecular formula is C17H19NO4S. The van der Waals surface area contributed by atoms with E-state index in [1.54, 1.807) is 30.3 Å². The third-order valence-corrected chi connectivity index (χ3v) is 5.75. The fourth-order valence-corrected chi connectivity index (χ4v) is 4.43. The number of methoxy groups -OCH3 is 1. The van der Waals surface area contributed by atoms with E-state index in [9.17, 15) is 13.5 Å². The second kappa shape index (κ2) is 6.22. The van der Waals surface area contributed by atoms with Crippen LogP contribution in [0.2, 0.25) is 0 Å². The van der Waals surface area contributed by atoms with Gasteiger partial charge in [0.15, 0.2) is 0 Å². The summed E-state index contributed by atoms with van der Waals surface area (Å²) in [5.41, 5.74) is 1.86. The molecule has 1 atom stereocenters. The van der Waals surface area contributed by atoms with Crippen LogP contribution >= 0.6 is 0 Å². The number of hydrogen-bond acceptors (Lipinski definition) is 4. The number of fused-ring (bicyclic) bond motifs is 1. The predicted octanol–water partition coefficient (Wildman–Crippen LogP) is 2.47. The molecule has 0 saturated heterocycles. The topological polar surface area (TPSA) is 66.8 Å². The summed E-state index contributed by atoms with van der Waals surface area (Å²) in [4.78, 5) is 0. The van der Waals surface area contributed by atoms with E-state index in [-0.39, 0.29) is 12.3 Å². The van der Waals surface area contributed by atoms with Gasteiger partial charge in [0.1, 0.15) is 5.75 Å². The molecule has 0 amide bonds. The molecule has 0 radical (unpaired) electrons. The third kappa shape index (κ3) is 3.18. The normalized spacial score (nSPS) is 17.7. The van der Waals surface area contributed by atoms with Crippen molar-refractivity contribution in [2.45, 2.75) is 18.3 Å². The van der Waals surface area contributed by atoms with Gasteiger partial charge in [-0.25, -0.2) is 8.42 Å². The van der Waals surface area contributed by atoms with Crippen molar-refractivity contribution >= 4 is 15.7 Å². The largest absolute Gasteiger partial charge is 0.497 e. The van der Waals surface area contributed by atoms with Crippen LogP contribution in [0, 0.1) is 0 Å². The van der Waals surface area contributed by atoms with E-state index in [1.807, 2.05) is 18.2 Å². The van der Waals surface area contributed by atoms with Gasteiger partial charge in [-0.15, -0.1) is 0 Å². The van der Waals surface area contributed by atoms with Crippen LogP contribution in [0.5, 0.6) is 5.75 Å². The zero-order valence-electron chi connectivity index (χ0n) is 12.8. The summed E-state index contributed by atoms with van der Waals surface area (Å²) in [7, 11) is -2.00. The summed E-state index contributed by atoms with van der Waals surface area (Å²) in [6.45, 7) is 0.260. The Labute approximate surface area is 136 Å². The summed E-state index contributed by atoms with van der Waals surface area (Å²) in [5.74, 6) is 0.499. The van der Waals surface area contributed by atoms with Crippen LogP contribution in [0.1, 0.15) is 23.7 Å². The fourth-order valence-electron chi connectivity index (χ4n) is 2.82. The Bertz CT molecular complexity index is 789. The molecule has 2 aromatic rings. The van der Waals surface area contributed by atoms with Gasteiger partial charge in [-0.1, -0.05) is 36.4 Å². The molecule has 1 unspecified atom stereocenters. The number of benzene rings is 2. The van der Waals surface area contributed by atoms with Crippen LogP contribution in [0.3, 0.4) is 0 Å². The van der Waals surface area contributed by atoms with Gasteiger partial charge in [0.25, 0.3) is 0 Å². The Morgan fingerprint density at radius 2 is 1.96 bits per heavy atom. The second-order valence-electron chi connectivity index (χ2n) is 5.54. The molecule has 0 saturated carbocycles. The van der Waals surface area contributed by atoms with Crippen molar-refractivity contribution in [3.63, 3.8) is 0 Å². The lowest BCUT2D eigenvalue weighted by atomic mass is 10.0. The van der Waals surface area contributed by atoms with Crippen molar-refractivity contribution in [3.8, 4) is 5.75 Å². The van der Waals surface area contributed by atoms with E-state index in [2.05, 4.69) is 0 Å². The minimum atomic E-state index is -3.53. The van der Waals surface area contributed by atoms with Crippen LogP contribution in [0.25, 0.3) is 0 Å². The average molecular weight is 333 g/mol. The van der Waals surface area contributed by atoms with Gasteiger partial charge in [-0.05, 0) is 18.1 Å². The van der Waals surface area contributed by atoms with Crippen LogP contribution < -0.4 is 9.04 Å². The average Bonchev–Trinajstić information content (AvgIpc) is 2.55. The highest BCUT2D eigenvalue weighted by molar-refractivity contribution is 7.92. The quantitative estimate of drug-likeness (QED) is 0.933. The van der Waals surface area contributed by atoms with Gasteiger partial charge in [0.05, 0.1) is 24.7 Å². The number of sulfonamides is 1. The smallest absolute Gasteiger partial charge is 0.239 e. The number of aliphatic hydroxyl groups excluding tert-OH is 1. The van der Waals surface area contributed by atoms with E-state index in [0.717, 1.165) is 5.56 Å². The number of anilines is 1. The maximum Gasteiger partial charge on any atom is 0.239 e. The first-order valence-electron chi connectivity index (χ1n) is 7.41. The lowest BCUT2D eigenvalue weighted by molar-refractivity contribution is 0.166. The molecule has 0 aliphatic carbocycles. The molecule has 5 nitrogen and oxygen atoms in total. The molecule has 122 valence electrons. The highest BCUT2D eigenvalue weighted by Gasteiger charge is 2.31. The third-order valence-electron chi connectivity index (χ3n) is 4.00. The van der Waals surface area contributed by atoms with Crippen molar-refractivity contribution in [3.05, 3.63) is 59.7 Å². The van der Waals surface area contributed by atoms with Crippen molar-refractivity contribution in [1.82, 2.24) is 0 Å². The summed E-state index contributed by atoms with van der Waals surface area (Å²) in [6.07, 6.45) is -0.271. The molecule has 0 fully saturated rings. The Morgan fingerprint density at radius 1 is 1.22 bits per heavy atom. The molecule has 6 heteroatoms. The van der Waals surface area contributed by atoms with E-state index < -0.39 is 16.1 Å². The molecule has 0 spiro atoms. The Hall–Kier alpha value is -2.05. The highest BCUT2D eigenvalue weighted by atomic mass is 32.2. The molecule has 3 rings (SSSR count). The van der Waals surface area contributed by atoms with Gasteiger partial charge >= 0.3 is 0 Å². The van der Waals surface area contributed by atoms with Gasteiger partial charge in [0.2, 0.25) is 10.0 Å². The standard InChI is InChI=1S/C17H19NO4S/c1-22-14-7-8-15-16(11-14)18(10-9-17(15)19)23(20,21)12-13-5-3-2-4-6-13/h2-8,11,17,19H,9-10,12H2,1H3. The van der Waals surface area contributed by atoms with Gasteiger partial charge in [-0.2, -0.15) is 0 Å². The molecule has 0 bridgehead atoms. The molecule has 1 N–H and O–H groups in total. The summed E-state index contributed by atoms with van der Waals surface area (Å²) < 4.78 is 32.2. The van der Waals surface area contributed by atoms with Crippen molar-refractivity contribution in [1.29, 1.82) is 0 Å². The zero-order valence-corrected chi connectivity index (χ0v) is 13.7. The molecule has 0 aromatic heterocycles. The first-order valence-corrected chi connectivity index (χ1v) is 9.02. The maximum absolute atomic E-state index is 12.8. The molecule has 2 aromatic carbocycles. The monoisotopic (exact) mass is 333 g/mol. The van der Waals surface area contributed by atoms with Gasteiger partial charge < -0.3 is 9.84 Å². The SMILES string of the molecule is COc1ccc2c(c1)N(S(=O)(=O)Cc1ccccc1)CCC2O. The first-order chi connectivity index (χ1) is 11.0. The lowest BCUT2D eigenvalue weighted by Crippen LogP contribution is -2.37. The van der Waals surface area contributed by atoms with Crippen molar-refractivity contribution in [2.24, 2.45) is 0 Å². The van der Waals surface area contributed by atoms with E-state index in [0.29, 0.717) is 23.4 Å². The van der Waals surface area contributed by atoms with Crippen LogP contribution in [-0.2, 0) is 15.8 Å². The predicted molar refractivity (Wildman–Crippen MR) is 89.0 cm³/mol. The van der Waals surface area contributed by atoms with Crippen LogP contribution in [0.15, 0.2) is 48.5 Å². The molecule has 23 heavy (non-hydrogen) atoms. The molecular weight excluding hydrogens is 314 g/mol. The van der Waals surface area contributed by atoms with E-state index in [1.165, 1.54) is 11.4 Å². The summed E-state index contributed by atoms with van der Waals surface area (Å²) in [6, 6.07) is 14.2. The van der Waals surface area contributed by atoms with Gasteiger partial charge in [-0.3, -0.25) is 4.31 Å². The van der Waals surface area contributed by atoms with Crippen LogP contribution in [-0.4, -0.2) is 27.2 Å². The maximum atomic E-state index is 12.8. The molecule has 1 aliphatic heterocycles. The van der Waals surface area contributed by atoms with Gasteiger partial charge in [0, 0.05) is 18.2 Å². The minimum absolute atomic E-state index is 0.0689. The lowest BCUT2D eigenvalue weighted by Gasteiger charge is -2.33. The van der Waals surface area contributed by atoms with Crippen molar-refractivity contribution < 1.29 is 18.3 Å². The van der Waals surface area contributed by atoms with E-state index in [4.69, 9.17) is 4.74 Å². The number of ether oxygens (including phenoxy) is 1. The number of aliphatic hydroxyl groups is 1. The molecule has 1 heterocycles. The molecule has 1 aliphatic rings. The number of nitrogens with zero attached hydrogens (tertiary/aromatic N) is 1. The highest BCUT2D eigenvalue weighted by Crippen LogP contribution is 2.38. The zero-order chi connectivity index (χ0) is 16.4. The van der Waals surface area contributed by atoms with Crippen molar-refractivity contribution in [2.75, 3.05) is 18.0 Å². The minimum Gasteiger partial charge on any atom is -0.497 e. The fraction of sp³-hybridized carbons (Fsp3) is 0.294. The summed E-state index contributed by atoms with van der Waals surface area (Å²) >= 11 is 0. The summed E-state index contributed by atoms with van der Waals surface area (Å²) in [5, 5.41) is 10.1. The van der Waals surface area contributed by atoms with E-state index >= 15 is 0 Å². The Morgan fingerprint density at radius 3 is 2.65 bits per heavy atom. The second-order valence-corrected chi connectivity index (χ2v) is 7.44. The number of hydrogen-bond donors (Lipinski definition) is 1. The first kappa shape index (κ1) is 15.8. The van der Waals surface area contributed by atoms with Crippen LogP contribution in [0.4, 0.5) is 5.69 Å². The number of rotatable bonds is 4.